The van der Waals surface area contributed by atoms with Gasteiger partial charge in [0.2, 0.25) is 5.91 Å². The van der Waals surface area contributed by atoms with Gasteiger partial charge in [0.15, 0.2) is 5.96 Å². The fraction of sp³-hybridized carbons (Fsp3) is 0.579. The van der Waals surface area contributed by atoms with E-state index in [0.717, 1.165) is 12.0 Å². The number of benzene rings is 1. The van der Waals surface area contributed by atoms with Crippen molar-refractivity contribution in [2.75, 3.05) is 32.7 Å². The fourth-order valence-electron chi connectivity index (χ4n) is 2.88. The molecule has 2 unspecified atom stereocenters. The summed E-state index contributed by atoms with van der Waals surface area (Å²) >= 11 is 0. The van der Waals surface area contributed by atoms with Crippen LogP contribution in [-0.2, 0) is 9.53 Å². The second-order valence-corrected chi connectivity index (χ2v) is 6.41. The largest absolute Gasteiger partial charge is 0.367 e. The fourth-order valence-corrected chi connectivity index (χ4v) is 2.88. The van der Waals surface area contributed by atoms with Crippen LogP contribution in [0, 0.1) is 5.82 Å². The molecular weight excluding hydrogens is 462 g/mol. The molecule has 0 aromatic heterocycles. The van der Waals surface area contributed by atoms with Gasteiger partial charge in [-0.3, -0.25) is 4.79 Å². The number of amides is 1. The zero-order chi connectivity index (χ0) is 18.9. The number of hydrogen-bond donors (Lipinski definition) is 2. The number of nitrogens with one attached hydrogen (secondary N) is 2. The Balaban J connectivity index is 0.00000364. The van der Waals surface area contributed by atoms with E-state index in [1.54, 1.807) is 12.1 Å². The summed E-state index contributed by atoms with van der Waals surface area (Å²) in [5, 5.41) is 6.07. The van der Waals surface area contributed by atoms with Gasteiger partial charge in [-0.2, -0.15) is 0 Å². The molecule has 8 heteroatoms. The number of hydrogen-bond acceptors (Lipinski definition) is 3. The summed E-state index contributed by atoms with van der Waals surface area (Å²) in [7, 11) is 0. The summed E-state index contributed by atoms with van der Waals surface area (Å²) in [4.78, 5) is 18.4. The van der Waals surface area contributed by atoms with Crippen LogP contribution in [0.25, 0.3) is 0 Å². The van der Waals surface area contributed by atoms with Gasteiger partial charge >= 0.3 is 0 Å². The quantitative estimate of drug-likeness (QED) is 0.364. The van der Waals surface area contributed by atoms with E-state index in [1.165, 1.54) is 12.1 Å². The predicted molar refractivity (Wildman–Crippen MR) is 116 cm³/mol. The summed E-state index contributed by atoms with van der Waals surface area (Å²) in [5.41, 5.74) is 0.930. The molecular formula is C19H30FIN4O2. The second-order valence-electron chi connectivity index (χ2n) is 6.41. The molecule has 0 aliphatic carbocycles. The number of guanidine groups is 1. The molecule has 1 amide bonds. The average Bonchev–Trinajstić information content (AvgIpc) is 2.63. The van der Waals surface area contributed by atoms with E-state index < -0.39 is 0 Å². The Morgan fingerprint density at radius 2 is 1.96 bits per heavy atom. The third-order valence-corrected chi connectivity index (χ3v) is 4.08. The maximum absolute atomic E-state index is 13.2. The minimum Gasteiger partial charge on any atom is -0.367 e. The molecule has 2 N–H and O–H groups in total. The molecule has 1 aliphatic heterocycles. The van der Waals surface area contributed by atoms with Crippen LogP contribution in [0.1, 0.15) is 38.9 Å². The van der Waals surface area contributed by atoms with Crippen LogP contribution < -0.4 is 10.6 Å². The Kier molecular flexibility index (Phi) is 10.6. The van der Waals surface area contributed by atoms with Crippen molar-refractivity contribution in [3.8, 4) is 0 Å². The van der Waals surface area contributed by atoms with Crippen molar-refractivity contribution in [2.24, 2.45) is 4.99 Å². The van der Waals surface area contributed by atoms with Crippen molar-refractivity contribution < 1.29 is 13.9 Å². The van der Waals surface area contributed by atoms with Crippen LogP contribution in [0.2, 0.25) is 0 Å². The topological polar surface area (TPSA) is 66.0 Å². The Bertz CT molecular complexity index is 612. The Morgan fingerprint density at radius 3 is 2.59 bits per heavy atom. The Labute approximate surface area is 178 Å². The number of halogens is 2. The highest BCUT2D eigenvalue weighted by molar-refractivity contribution is 14.0. The number of morpholine rings is 1. The van der Waals surface area contributed by atoms with Gasteiger partial charge in [0, 0.05) is 19.6 Å². The number of ether oxygens (including phenoxy) is 1. The predicted octanol–water partition coefficient (Wildman–Crippen LogP) is 2.70. The Hall–Kier alpha value is -1.42. The summed E-state index contributed by atoms with van der Waals surface area (Å²) < 4.78 is 19.2. The van der Waals surface area contributed by atoms with Crippen molar-refractivity contribution >= 4 is 35.8 Å². The maximum Gasteiger partial charge on any atom is 0.241 e. The minimum absolute atomic E-state index is 0. The monoisotopic (exact) mass is 492 g/mol. The van der Waals surface area contributed by atoms with Crippen LogP contribution in [-0.4, -0.2) is 55.6 Å². The smallest absolute Gasteiger partial charge is 0.241 e. The zero-order valence-electron chi connectivity index (χ0n) is 16.2. The molecule has 6 nitrogen and oxygen atoms in total. The van der Waals surface area contributed by atoms with Crippen LogP contribution in [0.5, 0.6) is 0 Å². The number of rotatable bonds is 6. The molecule has 152 valence electrons. The molecule has 1 saturated heterocycles. The zero-order valence-corrected chi connectivity index (χ0v) is 18.5. The lowest BCUT2D eigenvalue weighted by Crippen LogP contribution is -2.51. The lowest BCUT2D eigenvalue weighted by atomic mass is 10.1. The standard InChI is InChI=1S/C19H29FN4O2.HI/c1-4-10-22-18(25)11-23-19(21-5-2)24-12-14(3)26-17(13-24)15-6-8-16(20)9-7-15;/h6-9,14,17H,4-5,10-13H2,1-3H3,(H,21,23)(H,22,25);1H. The first-order valence-corrected chi connectivity index (χ1v) is 9.24. The van der Waals surface area contributed by atoms with Gasteiger partial charge in [-0.1, -0.05) is 19.1 Å². The van der Waals surface area contributed by atoms with E-state index in [-0.39, 0.29) is 54.5 Å². The highest BCUT2D eigenvalue weighted by Gasteiger charge is 2.28. The van der Waals surface area contributed by atoms with E-state index in [4.69, 9.17) is 4.74 Å². The molecule has 1 aromatic carbocycles. The SMILES string of the molecule is CCCNC(=O)CN=C(NCC)N1CC(C)OC(c2ccc(F)cc2)C1.I. The van der Waals surface area contributed by atoms with Gasteiger partial charge in [-0.25, -0.2) is 9.38 Å². The van der Waals surface area contributed by atoms with Crippen LogP contribution in [0.3, 0.4) is 0 Å². The van der Waals surface area contributed by atoms with E-state index in [2.05, 4.69) is 20.5 Å². The highest BCUT2D eigenvalue weighted by atomic mass is 127. The molecule has 27 heavy (non-hydrogen) atoms. The van der Waals surface area contributed by atoms with Crippen molar-refractivity contribution in [3.63, 3.8) is 0 Å². The van der Waals surface area contributed by atoms with E-state index in [0.29, 0.717) is 32.1 Å². The molecule has 1 fully saturated rings. The molecule has 1 heterocycles. The summed E-state index contributed by atoms with van der Waals surface area (Å²) in [6.07, 6.45) is 0.726. The lowest BCUT2D eigenvalue weighted by Gasteiger charge is -2.38. The first-order chi connectivity index (χ1) is 12.5. The molecule has 1 aliphatic rings. The van der Waals surface area contributed by atoms with Crippen molar-refractivity contribution in [1.82, 2.24) is 15.5 Å². The summed E-state index contributed by atoms with van der Waals surface area (Å²) in [5.74, 6) is 0.350. The third kappa shape index (κ3) is 7.61. The third-order valence-electron chi connectivity index (χ3n) is 4.08. The maximum atomic E-state index is 13.2. The molecule has 2 atom stereocenters. The van der Waals surface area contributed by atoms with E-state index in [9.17, 15) is 9.18 Å². The summed E-state index contributed by atoms with van der Waals surface area (Å²) in [6.45, 7) is 8.74. The lowest BCUT2D eigenvalue weighted by molar-refractivity contribution is -0.119. The Morgan fingerprint density at radius 1 is 1.26 bits per heavy atom. The highest BCUT2D eigenvalue weighted by Crippen LogP contribution is 2.25. The molecule has 0 radical (unpaired) electrons. The normalized spacial score (nSPS) is 20.0. The van der Waals surface area contributed by atoms with Crippen molar-refractivity contribution in [2.45, 2.75) is 39.4 Å². The summed E-state index contributed by atoms with van der Waals surface area (Å²) in [6, 6.07) is 6.39. The second kappa shape index (κ2) is 12.1. The van der Waals surface area contributed by atoms with Crippen LogP contribution >= 0.6 is 24.0 Å². The van der Waals surface area contributed by atoms with Gasteiger partial charge in [0.05, 0.1) is 12.6 Å². The minimum atomic E-state index is -0.262. The average molecular weight is 492 g/mol. The number of carbonyl (C=O) groups excluding carboxylic acids is 1. The van der Waals surface area contributed by atoms with Crippen LogP contribution in [0.15, 0.2) is 29.3 Å². The van der Waals surface area contributed by atoms with Gasteiger partial charge < -0.3 is 20.3 Å². The molecule has 2 rings (SSSR count). The van der Waals surface area contributed by atoms with Gasteiger partial charge in [-0.15, -0.1) is 24.0 Å². The van der Waals surface area contributed by atoms with E-state index >= 15 is 0 Å². The van der Waals surface area contributed by atoms with Gasteiger partial charge in [0.1, 0.15) is 18.5 Å². The van der Waals surface area contributed by atoms with Gasteiger partial charge in [-0.05, 0) is 38.0 Å². The molecule has 1 aromatic rings. The number of nitrogens with zero attached hydrogens (tertiary/aromatic N) is 2. The molecule has 0 saturated carbocycles. The first kappa shape index (κ1) is 23.6. The van der Waals surface area contributed by atoms with E-state index in [1.807, 2.05) is 20.8 Å². The molecule has 0 spiro atoms. The van der Waals surface area contributed by atoms with Gasteiger partial charge in [0.25, 0.3) is 0 Å². The number of carbonyl (C=O) groups is 1. The number of aliphatic imine (C=N–C) groups is 1. The van der Waals surface area contributed by atoms with Crippen LogP contribution in [0.4, 0.5) is 4.39 Å². The molecule has 0 bridgehead atoms. The van der Waals surface area contributed by atoms with Crippen molar-refractivity contribution in [1.29, 1.82) is 0 Å². The first-order valence-electron chi connectivity index (χ1n) is 9.24. The van der Waals surface area contributed by atoms with Crippen molar-refractivity contribution in [3.05, 3.63) is 35.6 Å².